The van der Waals surface area contributed by atoms with Crippen molar-refractivity contribution in [3.05, 3.63) is 66.7 Å². The monoisotopic (exact) mass is 420 g/mol. The van der Waals surface area contributed by atoms with Gasteiger partial charge in [-0.2, -0.15) is 0 Å². The molecule has 0 saturated carbocycles. The van der Waals surface area contributed by atoms with Crippen LogP contribution < -0.4 is 11.3 Å². The minimum absolute atomic E-state index is 0.0143. The van der Waals surface area contributed by atoms with Gasteiger partial charge >= 0.3 is 0 Å². The zero-order valence-corrected chi connectivity index (χ0v) is 14.6. The summed E-state index contributed by atoms with van der Waals surface area (Å²) in [6.07, 6.45) is 0.714. The topological polar surface area (TPSA) is 38.0 Å². The Hall–Kier alpha value is -0.330. The van der Waals surface area contributed by atoms with Crippen molar-refractivity contribution in [3.63, 3.8) is 0 Å². The number of hydrogen-bond acceptors (Lipinski definition) is 2. The Labute approximate surface area is 142 Å². The maximum absolute atomic E-state index is 6.23. The van der Waals surface area contributed by atoms with E-state index in [0.29, 0.717) is 16.5 Å². The third-order valence-electron chi connectivity index (χ3n) is 3.24. The Morgan fingerprint density at radius 3 is 2.65 bits per heavy atom. The van der Waals surface area contributed by atoms with Crippen molar-refractivity contribution in [3.8, 4) is 0 Å². The molecule has 2 rings (SSSR count). The van der Waals surface area contributed by atoms with Gasteiger partial charge in [0.2, 0.25) is 0 Å². The van der Waals surface area contributed by atoms with Crippen LogP contribution in [0.4, 0.5) is 0 Å². The van der Waals surface area contributed by atoms with Gasteiger partial charge in [-0.25, -0.2) is 0 Å². The molecule has 0 amide bonds. The second-order valence-electron chi connectivity index (χ2n) is 4.64. The highest BCUT2D eigenvalue weighted by atomic mass is 127. The highest BCUT2D eigenvalue weighted by molar-refractivity contribution is 14.1. The molecule has 106 valence electrons. The van der Waals surface area contributed by atoms with Crippen LogP contribution in [0, 0.1) is 10.5 Å². The van der Waals surface area contributed by atoms with Gasteiger partial charge in [-0.3, -0.25) is 11.3 Å². The molecule has 0 aliphatic carbocycles. The zero-order chi connectivity index (χ0) is 14.7. The molecule has 0 radical (unpaired) electrons. The minimum Gasteiger partial charge on any atom is -0.271 e. The van der Waals surface area contributed by atoms with Gasteiger partial charge < -0.3 is 0 Å². The van der Waals surface area contributed by atoms with Gasteiger partial charge in [0.25, 0.3) is 0 Å². The van der Waals surface area contributed by atoms with Gasteiger partial charge in [-0.05, 0) is 64.8 Å². The second kappa shape index (κ2) is 7.09. The number of benzene rings is 2. The molecule has 5 heteroatoms. The maximum Gasteiger partial charge on any atom is 0.0511 e. The van der Waals surface area contributed by atoms with Crippen molar-refractivity contribution < 1.29 is 0 Å². The third kappa shape index (κ3) is 3.65. The van der Waals surface area contributed by atoms with Crippen molar-refractivity contribution in [2.75, 3.05) is 0 Å². The van der Waals surface area contributed by atoms with Crippen molar-refractivity contribution in [2.24, 2.45) is 5.84 Å². The number of rotatable bonds is 4. The second-order valence-corrected chi connectivity index (χ2v) is 6.56. The molecule has 0 saturated heterocycles. The lowest BCUT2D eigenvalue weighted by atomic mass is 9.98. The van der Waals surface area contributed by atoms with E-state index < -0.39 is 0 Å². The molecule has 0 aliphatic rings. The lowest BCUT2D eigenvalue weighted by Crippen LogP contribution is -2.30. The predicted octanol–water partition coefficient (Wildman–Crippen LogP) is 4.65. The molecular weight excluding hydrogens is 406 g/mol. The first kappa shape index (κ1) is 16.0. The van der Waals surface area contributed by atoms with Crippen LogP contribution in [-0.4, -0.2) is 0 Å². The van der Waals surface area contributed by atoms with Crippen LogP contribution in [0.3, 0.4) is 0 Å². The van der Waals surface area contributed by atoms with Crippen LogP contribution in [0.2, 0.25) is 10.0 Å². The molecule has 20 heavy (non-hydrogen) atoms. The van der Waals surface area contributed by atoms with Crippen LogP contribution in [0.5, 0.6) is 0 Å². The Morgan fingerprint density at radius 1 is 1.25 bits per heavy atom. The summed E-state index contributed by atoms with van der Waals surface area (Å²) < 4.78 is 1.22. The largest absolute Gasteiger partial charge is 0.271 e. The van der Waals surface area contributed by atoms with E-state index in [9.17, 15) is 0 Å². The summed E-state index contributed by atoms with van der Waals surface area (Å²) in [4.78, 5) is 0. The van der Waals surface area contributed by atoms with Gasteiger partial charge in [0, 0.05) is 13.6 Å². The predicted molar refractivity (Wildman–Crippen MR) is 94.1 cm³/mol. The summed E-state index contributed by atoms with van der Waals surface area (Å²) >= 11 is 14.5. The van der Waals surface area contributed by atoms with E-state index in [1.807, 2.05) is 18.2 Å². The van der Waals surface area contributed by atoms with Crippen molar-refractivity contribution in [1.29, 1.82) is 0 Å². The zero-order valence-electron chi connectivity index (χ0n) is 11.0. The quantitative estimate of drug-likeness (QED) is 0.429. The van der Waals surface area contributed by atoms with Gasteiger partial charge in [0.15, 0.2) is 0 Å². The fourth-order valence-corrected chi connectivity index (χ4v) is 3.33. The van der Waals surface area contributed by atoms with Gasteiger partial charge in [0.1, 0.15) is 0 Å². The molecule has 2 aromatic carbocycles. The van der Waals surface area contributed by atoms with Crippen LogP contribution in [0.15, 0.2) is 36.4 Å². The summed E-state index contributed by atoms with van der Waals surface area (Å²) in [6, 6.07) is 11.8. The summed E-state index contributed by atoms with van der Waals surface area (Å²) in [5.41, 5.74) is 6.33. The van der Waals surface area contributed by atoms with E-state index >= 15 is 0 Å². The molecular formula is C15H15Cl2IN2. The number of nitrogens with two attached hydrogens (primary N) is 1. The van der Waals surface area contributed by atoms with E-state index in [4.69, 9.17) is 29.0 Å². The fraction of sp³-hybridized carbons (Fsp3) is 0.200. The van der Waals surface area contributed by atoms with Crippen LogP contribution in [-0.2, 0) is 6.42 Å². The average Bonchev–Trinajstić information content (AvgIpc) is 2.42. The third-order valence-corrected chi connectivity index (χ3v) is 5.30. The number of halogens is 3. The standard InChI is InChI=1S/C15H15Cl2IN2/c1-9-3-2-4-12(15(9)18)14(20-19)7-10-5-6-11(16)8-13(10)17/h2-6,8,14,20H,7,19H2,1H3. The highest BCUT2D eigenvalue weighted by Crippen LogP contribution is 2.29. The molecule has 0 fully saturated rings. The molecule has 1 unspecified atom stereocenters. The Balaban J connectivity index is 2.31. The molecule has 0 bridgehead atoms. The first-order chi connectivity index (χ1) is 9.52. The SMILES string of the molecule is Cc1cccc(C(Cc2ccc(Cl)cc2Cl)NN)c1I. The van der Waals surface area contributed by atoms with Crippen LogP contribution in [0.1, 0.15) is 22.7 Å². The maximum atomic E-state index is 6.23. The van der Waals surface area contributed by atoms with E-state index in [-0.39, 0.29) is 6.04 Å². The lowest BCUT2D eigenvalue weighted by molar-refractivity contribution is 0.549. The van der Waals surface area contributed by atoms with Gasteiger partial charge in [-0.1, -0.05) is 47.5 Å². The number of nitrogens with one attached hydrogen (secondary N) is 1. The average molecular weight is 421 g/mol. The summed E-state index contributed by atoms with van der Waals surface area (Å²) in [7, 11) is 0. The van der Waals surface area contributed by atoms with Gasteiger partial charge in [0.05, 0.1) is 6.04 Å². The molecule has 3 N–H and O–H groups in total. The molecule has 2 aromatic rings. The summed E-state index contributed by atoms with van der Waals surface area (Å²) in [5.74, 6) is 5.73. The minimum atomic E-state index is 0.0143. The normalized spacial score (nSPS) is 12.4. The smallest absolute Gasteiger partial charge is 0.0511 e. The molecule has 1 atom stereocenters. The molecule has 0 aliphatic heterocycles. The van der Waals surface area contributed by atoms with Crippen molar-refractivity contribution in [1.82, 2.24) is 5.43 Å². The molecule has 0 aromatic heterocycles. The van der Waals surface area contributed by atoms with E-state index in [2.05, 4.69) is 47.1 Å². The van der Waals surface area contributed by atoms with E-state index in [1.165, 1.54) is 14.7 Å². The fourth-order valence-electron chi connectivity index (χ4n) is 2.11. The number of aryl methyl sites for hydroxylation is 1. The Kier molecular flexibility index (Phi) is 5.69. The number of hydrogen-bond donors (Lipinski definition) is 2. The van der Waals surface area contributed by atoms with E-state index in [0.717, 1.165) is 5.56 Å². The van der Waals surface area contributed by atoms with Crippen LogP contribution in [0.25, 0.3) is 0 Å². The highest BCUT2D eigenvalue weighted by Gasteiger charge is 2.16. The van der Waals surface area contributed by atoms with Gasteiger partial charge in [-0.15, -0.1) is 0 Å². The van der Waals surface area contributed by atoms with Crippen LogP contribution >= 0.6 is 45.8 Å². The summed E-state index contributed by atoms with van der Waals surface area (Å²) in [5, 5.41) is 1.31. The first-order valence-electron chi connectivity index (χ1n) is 6.18. The summed E-state index contributed by atoms with van der Waals surface area (Å²) in [6.45, 7) is 2.09. The Morgan fingerprint density at radius 2 is 2.00 bits per heavy atom. The molecule has 0 spiro atoms. The van der Waals surface area contributed by atoms with Crippen molar-refractivity contribution in [2.45, 2.75) is 19.4 Å². The first-order valence-corrected chi connectivity index (χ1v) is 8.01. The molecule has 2 nitrogen and oxygen atoms in total. The Bertz CT molecular complexity index is 617. The lowest BCUT2D eigenvalue weighted by Gasteiger charge is -2.19. The molecule has 0 heterocycles. The number of hydrazine groups is 1. The van der Waals surface area contributed by atoms with E-state index in [1.54, 1.807) is 6.07 Å². The van der Waals surface area contributed by atoms with Crippen molar-refractivity contribution >= 4 is 45.8 Å².